The summed E-state index contributed by atoms with van der Waals surface area (Å²) in [6.45, 7) is 3.37. The molecule has 0 radical (unpaired) electrons. The Kier molecular flexibility index (Phi) is 5.90. The highest BCUT2D eigenvalue weighted by Gasteiger charge is 2.27. The van der Waals surface area contributed by atoms with Gasteiger partial charge in [-0.1, -0.05) is 30.3 Å². The van der Waals surface area contributed by atoms with Crippen LogP contribution in [0.15, 0.2) is 57.7 Å². The van der Waals surface area contributed by atoms with Gasteiger partial charge in [-0.25, -0.2) is 0 Å². The van der Waals surface area contributed by atoms with Crippen LogP contribution >= 0.6 is 11.3 Å². The van der Waals surface area contributed by atoms with Crippen LogP contribution in [-0.4, -0.2) is 17.9 Å². The van der Waals surface area contributed by atoms with Gasteiger partial charge in [-0.3, -0.25) is 14.4 Å². The minimum Gasteiger partial charge on any atom is -0.481 e. The Morgan fingerprint density at radius 3 is 2.66 bits per heavy atom. The summed E-state index contributed by atoms with van der Waals surface area (Å²) >= 11 is 1.40. The molecule has 4 aromatic rings. The third-order valence-corrected chi connectivity index (χ3v) is 7.40. The van der Waals surface area contributed by atoms with E-state index in [-0.39, 0.29) is 5.43 Å². The van der Waals surface area contributed by atoms with Gasteiger partial charge in [0.15, 0.2) is 6.10 Å². The van der Waals surface area contributed by atoms with E-state index in [1.807, 2.05) is 30.3 Å². The molecule has 7 nitrogen and oxygen atoms in total. The van der Waals surface area contributed by atoms with Gasteiger partial charge in [0, 0.05) is 10.9 Å². The van der Waals surface area contributed by atoms with Crippen molar-refractivity contribution < 1.29 is 18.7 Å². The maximum atomic E-state index is 13.1. The molecule has 0 fully saturated rings. The molecule has 3 N–H and O–H groups in total. The number of primary amides is 1. The number of carbonyl (C=O) groups is 2. The fourth-order valence-electron chi connectivity index (χ4n) is 4.52. The Morgan fingerprint density at radius 1 is 1.14 bits per heavy atom. The van der Waals surface area contributed by atoms with Crippen molar-refractivity contribution >= 4 is 39.1 Å². The van der Waals surface area contributed by atoms with Crippen molar-refractivity contribution in [2.24, 2.45) is 5.73 Å². The molecular weight excluding hydrogens is 464 g/mol. The van der Waals surface area contributed by atoms with Gasteiger partial charge in [-0.2, -0.15) is 0 Å². The van der Waals surface area contributed by atoms with Crippen molar-refractivity contribution in [2.45, 2.75) is 39.2 Å². The number of benzene rings is 2. The normalized spacial score (nSPS) is 13.4. The fraction of sp³-hybridized carbons (Fsp3) is 0.222. The number of ether oxygens (including phenoxy) is 1. The van der Waals surface area contributed by atoms with E-state index in [1.54, 1.807) is 32.0 Å². The average molecular weight is 489 g/mol. The highest BCUT2D eigenvalue weighted by molar-refractivity contribution is 7.17. The van der Waals surface area contributed by atoms with Crippen molar-refractivity contribution in [3.63, 3.8) is 0 Å². The van der Waals surface area contributed by atoms with E-state index in [2.05, 4.69) is 5.32 Å². The molecule has 0 spiro atoms. The number of aryl methyl sites for hydroxylation is 2. The maximum Gasteiger partial charge on any atom is 0.265 e. The van der Waals surface area contributed by atoms with Crippen LogP contribution in [0.3, 0.4) is 0 Å². The highest BCUT2D eigenvalue weighted by atomic mass is 32.1. The molecule has 0 aliphatic heterocycles. The topological polar surface area (TPSA) is 112 Å². The van der Waals surface area contributed by atoms with Crippen molar-refractivity contribution in [3.8, 4) is 16.9 Å². The number of amides is 2. The van der Waals surface area contributed by atoms with Gasteiger partial charge in [-0.05, 0) is 56.4 Å². The van der Waals surface area contributed by atoms with Crippen LogP contribution < -0.4 is 21.2 Å². The number of rotatable bonds is 6. The predicted octanol–water partition coefficient (Wildman–Crippen LogP) is 4.82. The minimum atomic E-state index is -0.860. The first-order valence-corrected chi connectivity index (χ1v) is 12.2. The average Bonchev–Trinajstić information content (AvgIpc) is 3.40. The number of nitrogens with one attached hydrogen (secondary N) is 1. The number of carbonyl (C=O) groups excluding carboxylic acids is 2. The first kappa shape index (κ1) is 22.9. The smallest absolute Gasteiger partial charge is 0.265 e. The third-order valence-electron chi connectivity index (χ3n) is 6.19. The van der Waals surface area contributed by atoms with Crippen LogP contribution in [0.5, 0.6) is 5.75 Å². The summed E-state index contributed by atoms with van der Waals surface area (Å²) in [4.78, 5) is 39.1. The maximum absolute atomic E-state index is 13.1. The quantitative estimate of drug-likeness (QED) is 0.404. The molecule has 178 valence electrons. The molecule has 2 aromatic heterocycles. The molecule has 1 unspecified atom stereocenters. The Bertz CT molecular complexity index is 1520. The lowest BCUT2D eigenvalue weighted by Crippen LogP contribution is -2.30. The Balaban J connectivity index is 1.37. The molecule has 2 heterocycles. The first-order chi connectivity index (χ1) is 16.8. The van der Waals surface area contributed by atoms with Crippen LogP contribution in [0.1, 0.15) is 39.9 Å². The summed E-state index contributed by atoms with van der Waals surface area (Å²) in [6, 6.07) is 14.3. The molecule has 0 saturated heterocycles. The zero-order valence-corrected chi connectivity index (χ0v) is 20.2. The number of thiophene rings is 1. The lowest BCUT2D eigenvalue weighted by molar-refractivity contribution is -0.122. The number of hydrogen-bond acceptors (Lipinski definition) is 6. The van der Waals surface area contributed by atoms with Crippen LogP contribution in [0, 0.1) is 6.92 Å². The first-order valence-electron chi connectivity index (χ1n) is 11.4. The molecular formula is C27H24N2O5S. The molecule has 1 aliphatic carbocycles. The summed E-state index contributed by atoms with van der Waals surface area (Å²) in [5.74, 6) is -0.0482. The SMILES string of the molecule is Cc1oc2cc(OC(C)C(=O)Nc3sc4c(c3C(N)=O)CCC4)ccc2c(=O)c1-c1ccccc1. The van der Waals surface area contributed by atoms with Crippen LogP contribution in [0.2, 0.25) is 0 Å². The van der Waals surface area contributed by atoms with Gasteiger partial charge in [0.05, 0.1) is 16.5 Å². The van der Waals surface area contributed by atoms with Gasteiger partial charge in [-0.15, -0.1) is 11.3 Å². The Hall–Kier alpha value is -3.91. The van der Waals surface area contributed by atoms with E-state index in [0.717, 1.165) is 35.3 Å². The standard InChI is InChI=1S/C27H24N2O5S/c1-14-22(16-7-4-3-5-8-16)24(30)18-12-11-17(13-20(18)34-14)33-15(2)26(32)29-27-23(25(28)31)19-9-6-10-21(19)35-27/h3-5,7-8,11-13,15H,6,9-10H2,1-2H3,(H2,28,31)(H,29,32). The van der Waals surface area contributed by atoms with Gasteiger partial charge < -0.3 is 20.2 Å². The van der Waals surface area contributed by atoms with Crippen LogP contribution in [0.4, 0.5) is 5.00 Å². The molecule has 5 rings (SSSR count). The van der Waals surface area contributed by atoms with Gasteiger partial charge in [0.25, 0.3) is 11.8 Å². The summed E-state index contributed by atoms with van der Waals surface area (Å²) in [6.07, 6.45) is 1.80. The predicted molar refractivity (Wildman–Crippen MR) is 136 cm³/mol. The summed E-state index contributed by atoms with van der Waals surface area (Å²) in [7, 11) is 0. The Morgan fingerprint density at radius 2 is 1.91 bits per heavy atom. The number of nitrogens with two attached hydrogens (primary N) is 1. The molecule has 35 heavy (non-hydrogen) atoms. The second-order valence-electron chi connectivity index (χ2n) is 8.56. The molecule has 2 amide bonds. The highest BCUT2D eigenvalue weighted by Crippen LogP contribution is 2.39. The van der Waals surface area contributed by atoms with E-state index >= 15 is 0 Å². The number of fused-ring (bicyclic) bond motifs is 2. The number of anilines is 1. The van der Waals surface area contributed by atoms with E-state index in [4.69, 9.17) is 14.9 Å². The fourth-order valence-corrected chi connectivity index (χ4v) is 5.82. The monoisotopic (exact) mass is 488 g/mol. The van der Waals surface area contributed by atoms with Gasteiger partial charge in [0.1, 0.15) is 22.1 Å². The summed E-state index contributed by atoms with van der Waals surface area (Å²) < 4.78 is 11.8. The molecule has 2 aromatic carbocycles. The molecule has 1 atom stereocenters. The largest absolute Gasteiger partial charge is 0.481 e. The van der Waals surface area contributed by atoms with E-state index in [9.17, 15) is 14.4 Å². The molecule has 1 aliphatic rings. The Labute approximate surface area is 205 Å². The van der Waals surface area contributed by atoms with Crippen LogP contribution in [-0.2, 0) is 17.6 Å². The van der Waals surface area contributed by atoms with Crippen molar-refractivity contribution in [1.82, 2.24) is 0 Å². The van der Waals surface area contributed by atoms with E-state index in [0.29, 0.717) is 38.6 Å². The second kappa shape index (κ2) is 9.03. The second-order valence-corrected chi connectivity index (χ2v) is 9.67. The molecule has 8 heteroatoms. The van der Waals surface area contributed by atoms with E-state index < -0.39 is 17.9 Å². The zero-order chi connectivity index (χ0) is 24.7. The lowest BCUT2D eigenvalue weighted by Gasteiger charge is -2.15. The van der Waals surface area contributed by atoms with Gasteiger partial charge >= 0.3 is 0 Å². The molecule has 0 bridgehead atoms. The number of hydrogen-bond donors (Lipinski definition) is 2. The lowest BCUT2D eigenvalue weighted by atomic mass is 10.0. The van der Waals surface area contributed by atoms with Crippen LogP contribution in [0.25, 0.3) is 22.1 Å². The van der Waals surface area contributed by atoms with Crippen molar-refractivity contribution in [3.05, 3.63) is 80.5 Å². The summed E-state index contributed by atoms with van der Waals surface area (Å²) in [5, 5.41) is 3.70. The van der Waals surface area contributed by atoms with Crippen molar-refractivity contribution in [1.29, 1.82) is 0 Å². The van der Waals surface area contributed by atoms with E-state index in [1.165, 1.54) is 11.3 Å². The summed E-state index contributed by atoms with van der Waals surface area (Å²) in [5.41, 5.74) is 8.49. The zero-order valence-electron chi connectivity index (χ0n) is 19.3. The van der Waals surface area contributed by atoms with Gasteiger partial charge in [0.2, 0.25) is 5.43 Å². The molecule has 0 saturated carbocycles. The van der Waals surface area contributed by atoms with Crippen molar-refractivity contribution in [2.75, 3.05) is 5.32 Å². The third kappa shape index (κ3) is 4.21. The minimum absolute atomic E-state index is 0.128.